The zero-order valence-corrected chi connectivity index (χ0v) is 22.4. The molecule has 0 N–H and O–H groups in total. The predicted molar refractivity (Wildman–Crippen MR) is 143 cm³/mol. The molecule has 12 heteroatoms. The molecule has 4 heterocycles. The summed E-state index contributed by atoms with van der Waals surface area (Å²) in [7, 11) is 0. The average Bonchev–Trinajstić information content (AvgIpc) is 3.63. The molecule has 1 aliphatic heterocycles. The van der Waals surface area contributed by atoms with E-state index < -0.39 is 30.8 Å². The Hall–Kier alpha value is -4.53. The standard InChI is InChI=1S/C29H28F3N7O2/c1-19(28(41)37-9-6-20(14-33)7-10-37)38-18-24(16-35-38)23-13-27-34-17-26(39(27)36-15-23)22-4-2-3-21(11-22)12-25(40)5-8-29(30,31)32/h2-4,11,13,15-20H,5-10,12H2,1H3. The Balaban J connectivity index is 1.29. The molecular weight excluding hydrogens is 535 g/mol. The lowest BCUT2D eigenvalue weighted by atomic mass is 9.98. The molecule has 5 rings (SSSR count). The molecule has 1 saturated heterocycles. The number of aromatic nitrogens is 5. The number of nitriles is 1. The second-order valence-corrected chi connectivity index (χ2v) is 10.3. The molecule has 1 fully saturated rings. The van der Waals surface area contributed by atoms with E-state index in [0.29, 0.717) is 42.8 Å². The minimum absolute atomic E-state index is 0.000964. The number of hydrogen-bond acceptors (Lipinski definition) is 6. The summed E-state index contributed by atoms with van der Waals surface area (Å²) in [5, 5.41) is 18.0. The van der Waals surface area contributed by atoms with E-state index >= 15 is 0 Å². The van der Waals surface area contributed by atoms with Gasteiger partial charge < -0.3 is 4.90 Å². The summed E-state index contributed by atoms with van der Waals surface area (Å²) >= 11 is 0. The Morgan fingerprint density at radius 3 is 2.56 bits per heavy atom. The fraction of sp³-hybridized carbons (Fsp3) is 0.379. The monoisotopic (exact) mass is 563 g/mol. The van der Waals surface area contributed by atoms with Gasteiger partial charge in [0.05, 0.1) is 36.8 Å². The molecule has 212 valence electrons. The summed E-state index contributed by atoms with van der Waals surface area (Å²) in [6.45, 7) is 2.93. The van der Waals surface area contributed by atoms with Gasteiger partial charge in [0.25, 0.3) is 0 Å². The van der Waals surface area contributed by atoms with Crippen molar-refractivity contribution in [3.63, 3.8) is 0 Å². The van der Waals surface area contributed by atoms with Gasteiger partial charge in [-0.05, 0) is 37.5 Å². The minimum Gasteiger partial charge on any atom is -0.341 e. The molecule has 1 amide bonds. The van der Waals surface area contributed by atoms with Gasteiger partial charge >= 0.3 is 6.18 Å². The van der Waals surface area contributed by atoms with E-state index in [2.05, 4.69) is 21.3 Å². The maximum atomic E-state index is 13.0. The van der Waals surface area contributed by atoms with Crippen molar-refractivity contribution >= 4 is 17.3 Å². The number of nitrogens with zero attached hydrogens (tertiary/aromatic N) is 7. The van der Waals surface area contributed by atoms with E-state index in [1.807, 2.05) is 12.1 Å². The summed E-state index contributed by atoms with van der Waals surface area (Å²) in [6.07, 6.45) is 2.04. The van der Waals surface area contributed by atoms with E-state index in [-0.39, 0.29) is 18.2 Å². The fourth-order valence-corrected chi connectivity index (χ4v) is 4.97. The van der Waals surface area contributed by atoms with Crippen molar-refractivity contribution in [2.24, 2.45) is 5.92 Å². The predicted octanol–water partition coefficient (Wildman–Crippen LogP) is 5.04. The number of carbonyl (C=O) groups excluding carboxylic acids is 2. The molecular formula is C29H28F3N7O2. The number of imidazole rings is 1. The highest BCUT2D eigenvalue weighted by atomic mass is 19.4. The van der Waals surface area contributed by atoms with Crippen molar-refractivity contribution in [2.45, 2.75) is 51.2 Å². The second-order valence-electron chi connectivity index (χ2n) is 10.3. The summed E-state index contributed by atoms with van der Waals surface area (Å²) in [6, 6.07) is 10.7. The Kier molecular flexibility index (Phi) is 7.88. The number of Topliss-reactive ketones (excluding diaryl/α,β-unsaturated/α-hetero) is 1. The number of alkyl halides is 3. The number of rotatable bonds is 8. The normalized spacial score (nSPS) is 15.1. The van der Waals surface area contributed by atoms with Crippen LogP contribution in [0.2, 0.25) is 0 Å². The van der Waals surface area contributed by atoms with Crippen LogP contribution in [0.1, 0.15) is 44.2 Å². The number of hydrogen-bond donors (Lipinski definition) is 0. The number of benzene rings is 1. The van der Waals surface area contributed by atoms with E-state index in [0.717, 1.165) is 16.7 Å². The van der Waals surface area contributed by atoms with Crippen molar-refractivity contribution in [3.8, 4) is 28.5 Å². The second kappa shape index (κ2) is 11.5. The number of fused-ring (bicyclic) bond motifs is 1. The third kappa shape index (κ3) is 6.45. The van der Waals surface area contributed by atoms with Crippen LogP contribution in [0.4, 0.5) is 13.2 Å². The van der Waals surface area contributed by atoms with Crippen molar-refractivity contribution in [1.29, 1.82) is 5.26 Å². The molecule has 4 aromatic rings. The van der Waals surface area contributed by atoms with Crippen LogP contribution in [0.15, 0.2) is 55.1 Å². The maximum absolute atomic E-state index is 13.0. The van der Waals surface area contributed by atoms with Gasteiger partial charge in [-0.1, -0.05) is 18.2 Å². The smallest absolute Gasteiger partial charge is 0.341 e. The van der Waals surface area contributed by atoms with Gasteiger partial charge in [0.2, 0.25) is 5.91 Å². The van der Waals surface area contributed by atoms with Crippen molar-refractivity contribution in [2.75, 3.05) is 13.1 Å². The molecule has 1 aliphatic rings. The summed E-state index contributed by atoms with van der Waals surface area (Å²) in [5.41, 5.74) is 4.13. The first-order valence-electron chi connectivity index (χ1n) is 13.4. The third-order valence-corrected chi connectivity index (χ3v) is 7.35. The number of amides is 1. The Bertz CT molecular complexity index is 1610. The lowest BCUT2D eigenvalue weighted by molar-refractivity contribution is -0.143. The van der Waals surface area contributed by atoms with Crippen LogP contribution >= 0.6 is 0 Å². The van der Waals surface area contributed by atoms with Crippen molar-refractivity contribution in [1.82, 2.24) is 29.3 Å². The lowest BCUT2D eigenvalue weighted by Gasteiger charge is -2.31. The fourth-order valence-electron chi connectivity index (χ4n) is 4.97. The van der Waals surface area contributed by atoms with Crippen LogP contribution in [-0.2, 0) is 16.0 Å². The van der Waals surface area contributed by atoms with E-state index in [1.54, 1.807) is 64.0 Å². The first kappa shape index (κ1) is 28.0. The summed E-state index contributed by atoms with van der Waals surface area (Å²) < 4.78 is 40.6. The van der Waals surface area contributed by atoms with Crippen molar-refractivity contribution in [3.05, 3.63) is 60.7 Å². The van der Waals surface area contributed by atoms with Crippen molar-refractivity contribution < 1.29 is 22.8 Å². The maximum Gasteiger partial charge on any atom is 0.389 e. The van der Waals surface area contributed by atoms with Gasteiger partial charge in [0.15, 0.2) is 5.65 Å². The van der Waals surface area contributed by atoms with Gasteiger partial charge in [-0.2, -0.15) is 28.6 Å². The molecule has 1 unspecified atom stereocenters. The van der Waals surface area contributed by atoms with Crippen LogP contribution in [0.5, 0.6) is 0 Å². The zero-order chi connectivity index (χ0) is 29.1. The van der Waals surface area contributed by atoms with E-state index in [9.17, 15) is 22.8 Å². The molecule has 0 aliphatic carbocycles. The third-order valence-electron chi connectivity index (χ3n) is 7.35. The van der Waals surface area contributed by atoms with Crippen LogP contribution in [0.3, 0.4) is 0 Å². The number of carbonyl (C=O) groups is 2. The number of likely N-dealkylation sites (tertiary alicyclic amines) is 1. The van der Waals surface area contributed by atoms with Gasteiger partial charge in [0, 0.05) is 54.7 Å². The highest BCUT2D eigenvalue weighted by Gasteiger charge is 2.28. The molecule has 0 radical (unpaired) electrons. The highest BCUT2D eigenvalue weighted by molar-refractivity contribution is 5.81. The molecule has 0 spiro atoms. The number of ketones is 1. The summed E-state index contributed by atoms with van der Waals surface area (Å²) in [5.74, 6) is -0.506. The highest BCUT2D eigenvalue weighted by Crippen LogP contribution is 2.27. The number of piperidine rings is 1. The Labute approximate surface area is 234 Å². The SMILES string of the molecule is CC(C(=O)N1CCC(C#N)CC1)n1cc(-c2cnn3c(-c4cccc(CC(=O)CCC(F)(F)F)c4)cnc3c2)cn1. The molecule has 1 aromatic carbocycles. The average molecular weight is 564 g/mol. The van der Waals surface area contributed by atoms with Gasteiger partial charge in [-0.25, -0.2) is 9.50 Å². The molecule has 1 atom stereocenters. The zero-order valence-electron chi connectivity index (χ0n) is 22.4. The Morgan fingerprint density at radius 1 is 1.07 bits per heavy atom. The molecule has 9 nitrogen and oxygen atoms in total. The largest absolute Gasteiger partial charge is 0.389 e. The van der Waals surface area contributed by atoms with E-state index in [4.69, 9.17) is 5.26 Å². The topological polar surface area (TPSA) is 109 Å². The quantitative estimate of drug-likeness (QED) is 0.297. The molecule has 41 heavy (non-hydrogen) atoms. The van der Waals surface area contributed by atoms with Crippen LogP contribution in [0.25, 0.3) is 28.0 Å². The van der Waals surface area contributed by atoms with Gasteiger partial charge in [0.1, 0.15) is 11.8 Å². The minimum atomic E-state index is -4.36. The van der Waals surface area contributed by atoms with Crippen LogP contribution in [0, 0.1) is 17.2 Å². The van der Waals surface area contributed by atoms with Gasteiger partial charge in [-0.3, -0.25) is 14.3 Å². The molecule has 0 bridgehead atoms. The molecule has 0 saturated carbocycles. The Morgan fingerprint density at radius 2 is 1.83 bits per heavy atom. The first-order chi connectivity index (χ1) is 19.6. The summed E-state index contributed by atoms with van der Waals surface area (Å²) in [4.78, 5) is 31.3. The number of halogens is 3. The molecule has 3 aromatic heterocycles. The first-order valence-corrected chi connectivity index (χ1v) is 13.4. The van der Waals surface area contributed by atoms with Gasteiger partial charge in [-0.15, -0.1) is 0 Å². The van der Waals surface area contributed by atoms with Crippen LogP contribution < -0.4 is 0 Å². The van der Waals surface area contributed by atoms with Crippen LogP contribution in [-0.4, -0.2) is 60.2 Å². The lowest BCUT2D eigenvalue weighted by Crippen LogP contribution is -2.41. The van der Waals surface area contributed by atoms with E-state index in [1.165, 1.54) is 0 Å².